The Morgan fingerprint density at radius 2 is 2.08 bits per heavy atom. The Balaban J connectivity index is 2.55. The van der Waals surface area contributed by atoms with Crippen LogP contribution in [0.25, 0.3) is 0 Å². The molecule has 0 saturated heterocycles. The maximum Gasteiger partial charge on any atom is 0.250 e. The van der Waals surface area contributed by atoms with Crippen molar-refractivity contribution < 1.29 is 13.5 Å². The number of halogens is 2. The van der Waals surface area contributed by atoms with E-state index >= 15 is 0 Å². The van der Waals surface area contributed by atoms with E-state index in [2.05, 4.69) is 0 Å². The Morgan fingerprint density at radius 3 is 2.58 bits per heavy atom. The van der Waals surface area contributed by atoms with Crippen LogP contribution in [0.3, 0.4) is 0 Å². The lowest BCUT2D eigenvalue weighted by Crippen LogP contribution is -2.51. The van der Waals surface area contributed by atoms with Gasteiger partial charge in [0.15, 0.2) is 0 Å². The molecule has 0 spiro atoms. The summed E-state index contributed by atoms with van der Waals surface area (Å²) in [6.07, 6.45) is 0.854. The number of rotatable bonds is 2. The molecule has 1 unspecified atom stereocenters. The molecule has 0 heterocycles. The third-order valence-corrected chi connectivity index (χ3v) is 2.26. The molecule has 1 saturated carbocycles. The highest BCUT2D eigenvalue weighted by molar-refractivity contribution is 4.93. The van der Waals surface area contributed by atoms with E-state index in [1.807, 2.05) is 0 Å². The fourth-order valence-electron chi connectivity index (χ4n) is 1.80. The Kier molecular flexibility index (Phi) is 2.68. The Bertz CT molecular complexity index is 159. The molecule has 2 nitrogen and oxygen atoms in total. The van der Waals surface area contributed by atoms with Gasteiger partial charge in [-0.05, 0) is 12.8 Å². The number of nitrogens with two attached hydrogens (primary N) is 1. The molecule has 4 heteroatoms. The van der Waals surface area contributed by atoms with Gasteiger partial charge in [-0.3, -0.25) is 0 Å². The highest BCUT2D eigenvalue weighted by Gasteiger charge is 2.43. The average molecular weight is 179 g/mol. The maximum absolute atomic E-state index is 12.9. The van der Waals surface area contributed by atoms with Crippen LogP contribution in [0.5, 0.6) is 0 Å². The first kappa shape index (κ1) is 9.86. The second-order valence-electron chi connectivity index (χ2n) is 3.68. The lowest BCUT2D eigenvalue weighted by atomic mass is 9.81. The molecule has 2 N–H and O–H groups in total. The van der Waals surface area contributed by atoms with Crippen molar-refractivity contribution in [2.75, 3.05) is 13.7 Å². The predicted molar refractivity (Wildman–Crippen MR) is 42.2 cm³/mol. The van der Waals surface area contributed by atoms with Crippen LogP contribution in [-0.4, -0.2) is 25.2 Å². The monoisotopic (exact) mass is 179 g/mol. The van der Waals surface area contributed by atoms with Crippen molar-refractivity contribution in [3.8, 4) is 0 Å². The standard InChI is InChI=1S/C8H15F2NO/c1-12-6-7(11)3-2-4-8(9,10)5-7/h2-6,11H2,1H3. The topological polar surface area (TPSA) is 35.2 Å². The Morgan fingerprint density at radius 1 is 1.42 bits per heavy atom. The second-order valence-corrected chi connectivity index (χ2v) is 3.68. The molecule has 0 radical (unpaired) electrons. The Hall–Kier alpha value is -0.220. The molecule has 0 aromatic rings. The molecule has 12 heavy (non-hydrogen) atoms. The number of hydrogen-bond donors (Lipinski definition) is 1. The van der Waals surface area contributed by atoms with Gasteiger partial charge in [0.2, 0.25) is 5.92 Å². The molecule has 0 aromatic carbocycles. The molecule has 72 valence electrons. The summed E-state index contributed by atoms with van der Waals surface area (Å²) < 4.78 is 30.6. The average Bonchev–Trinajstić information content (AvgIpc) is 1.83. The molecule has 1 rings (SSSR count). The molecule has 1 aliphatic rings. The van der Waals surface area contributed by atoms with E-state index in [0.717, 1.165) is 0 Å². The van der Waals surface area contributed by atoms with Gasteiger partial charge in [-0.25, -0.2) is 8.78 Å². The van der Waals surface area contributed by atoms with Crippen molar-refractivity contribution in [1.82, 2.24) is 0 Å². The van der Waals surface area contributed by atoms with E-state index in [9.17, 15) is 8.78 Å². The van der Waals surface area contributed by atoms with E-state index < -0.39 is 11.5 Å². The molecule has 1 atom stereocenters. The van der Waals surface area contributed by atoms with Crippen molar-refractivity contribution in [1.29, 1.82) is 0 Å². The molecule has 0 bridgehead atoms. The highest BCUT2D eigenvalue weighted by Crippen LogP contribution is 2.37. The van der Waals surface area contributed by atoms with Crippen molar-refractivity contribution in [2.45, 2.75) is 37.1 Å². The first-order valence-electron chi connectivity index (χ1n) is 4.13. The van der Waals surface area contributed by atoms with Crippen LogP contribution in [-0.2, 0) is 4.74 Å². The van der Waals surface area contributed by atoms with Gasteiger partial charge in [-0.15, -0.1) is 0 Å². The largest absolute Gasteiger partial charge is 0.383 e. The molecular formula is C8H15F2NO. The van der Waals surface area contributed by atoms with Crippen molar-refractivity contribution in [3.05, 3.63) is 0 Å². The first-order chi connectivity index (χ1) is 5.47. The van der Waals surface area contributed by atoms with Gasteiger partial charge in [0.25, 0.3) is 0 Å². The lowest BCUT2D eigenvalue weighted by Gasteiger charge is -2.37. The summed E-state index contributed by atoms with van der Waals surface area (Å²) in [6.45, 7) is 0.225. The van der Waals surface area contributed by atoms with Gasteiger partial charge >= 0.3 is 0 Å². The summed E-state index contributed by atoms with van der Waals surface area (Å²) in [5.74, 6) is -2.59. The van der Waals surface area contributed by atoms with Gasteiger partial charge in [-0.1, -0.05) is 0 Å². The van der Waals surface area contributed by atoms with Gasteiger partial charge in [-0.2, -0.15) is 0 Å². The van der Waals surface area contributed by atoms with Crippen LogP contribution in [0.15, 0.2) is 0 Å². The van der Waals surface area contributed by atoms with Crippen LogP contribution in [0.4, 0.5) is 8.78 Å². The summed E-state index contributed by atoms with van der Waals surface area (Å²) in [7, 11) is 1.49. The van der Waals surface area contributed by atoms with Crippen LogP contribution in [0.2, 0.25) is 0 Å². The van der Waals surface area contributed by atoms with Crippen molar-refractivity contribution >= 4 is 0 Å². The lowest BCUT2D eigenvalue weighted by molar-refractivity contribution is -0.0717. The third kappa shape index (κ3) is 2.38. The van der Waals surface area contributed by atoms with Crippen LogP contribution in [0, 0.1) is 0 Å². The minimum atomic E-state index is -2.59. The summed E-state index contributed by atoms with van der Waals surface area (Å²) in [5.41, 5.74) is 4.93. The normalized spacial score (nSPS) is 35.0. The Labute approximate surface area is 71.1 Å². The first-order valence-corrected chi connectivity index (χ1v) is 4.13. The number of methoxy groups -OCH3 is 1. The maximum atomic E-state index is 12.9. The summed E-state index contributed by atoms with van der Waals surface area (Å²) in [4.78, 5) is 0. The molecule has 0 aromatic heterocycles. The van der Waals surface area contributed by atoms with Gasteiger partial charge < -0.3 is 10.5 Å². The smallest absolute Gasteiger partial charge is 0.250 e. The SMILES string of the molecule is COCC1(N)CCCC(F)(F)C1. The number of alkyl halides is 2. The zero-order chi connectivity index (χ0) is 9.24. The van der Waals surface area contributed by atoms with E-state index in [4.69, 9.17) is 10.5 Å². The van der Waals surface area contributed by atoms with Crippen molar-refractivity contribution in [2.24, 2.45) is 5.73 Å². The zero-order valence-corrected chi connectivity index (χ0v) is 7.28. The molecule has 1 aliphatic carbocycles. The zero-order valence-electron chi connectivity index (χ0n) is 7.28. The van der Waals surface area contributed by atoms with Gasteiger partial charge in [0.05, 0.1) is 6.61 Å². The van der Waals surface area contributed by atoms with Crippen LogP contribution >= 0.6 is 0 Å². The van der Waals surface area contributed by atoms with Gasteiger partial charge in [0.1, 0.15) is 0 Å². The van der Waals surface area contributed by atoms with E-state index in [1.54, 1.807) is 0 Å². The van der Waals surface area contributed by atoms with E-state index in [1.165, 1.54) is 7.11 Å². The molecule has 0 amide bonds. The minimum absolute atomic E-state index is 0.0321. The van der Waals surface area contributed by atoms with E-state index in [-0.39, 0.29) is 19.4 Å². The fraction of sp³-hybridized carbons (Fsp3) is 1.00. The highest BCUT2D eigenvalue weighted by atomic mass is 19.3. The fourth-order valence-corrected chi connectivity index (χ4v) is 1.80. The minimum Gasteiger partial charge on any atom is -0.383 e. The number of ether oxygens (including phenoxy) is 1. The molecular weight excluding hydrogens is 164 g/mol. The molecule has 1 fully saturated rings. The molecule has 0 aliphatic heterocycles. The third-order valence-electron chi connectivity index (χ3n) is 2.26. The second kappa shape index (κ2) is 3.26. The van der Waals surface area contributed by atoms with Crippen LogP contribution < -0.4 is 5.73 Å². The van der Waals surface area contributed by atoms with Crippen molar-refractivity contribution in [3.63, 3.8) is 0 Å². The summed E-state index contributed by atoms with van der Waals surface area (Å²) in [5, 5.41) is 0. The summed E-state index contributed by atoms with van der Waals surface area (Å²) >= 11 is 0. The summed E-state index contributed by atoms with van der Waals surface area (Å²) in [6, 6.07) is 0. The van der Waals surface area contributed by atoms with Crippen LogP contribution in [0.1, 0.15) is 25.7 Å². The van der Waals surface area contributed by atoms with E-state index in [0.29, 0.717) is 12.8 Å². The van der Waals surface area contributed by atoms with Gasteiger partial charge in [0, 0.05) is 25.5 Å². The predicted octanol–water partition coefficient (Wildman–Crippen LogP) is 1.54. The number of hydrogen-bond acceptors (Lipinski definition) is 2. The quantitative estimate of drug-likeness (QED) is 0.697.